The van der Waals surface area contributed by atoms with Crippen LogP contribution in [0.25, 0.3) is 0 Å². The summed E-state index contributed by atoms with van der Waals surface area (Å²) in [5, 5.41) is 9.17. The van der Waals surface area contributed by atoms with Gasteiger partial charge in [-0.3, -0.25) is 0 Å². The number of hydrogen-bond acceptors (Lipinski definition) is 4. The molecule has 0 aliphatic heterocycles. The molecule has 76 valence electrons. The fourth-order valence-electron chi connectivity index (χ4n) is 1.09. The number of nitrogens with two attached hydrogens (primary N) is 1. The van der Waals surface area contributed by atoms with E-state index >= 15 is 0 Å². The molecule has 0 saturated heterocycles. The Bertz CT molecular complexity index is 325. The fourth-order valence-corrected chi connectivity index (χ4v) is 1.09. The molecule has 0 aliphatic rings. The third-order valence-electron chi connectivity index (χ3n) is 1.77. The van der Waals surface area contributed by atoms with Crippen molar-refractivity contribution in [1.82, 2.24) is 0 Å². The summed E-state index contributed by atoms with van der Waals surface area (Å²) in [7, 11) is 0. The summed E-state index contributed by atoms with van der Waals surface area (Å²) in [5.74, 6) is -0.402. The maximum absolute atomic E-state index is 11.2. The van der Waals surface area contributed by atoms with Crippen molar-refractivity contribution in [3.05, 3.63) is 29.8 Å². The maximum Gasteiger partial charge on any atom is 0.327 e. The second-order valence-electron chi connectivity index (χ2n) is 2.82. The topological polar surface area (TPSA) is 72.5 Å². The number of esters is 1. The zero-order valence-electron chi connectivity index (χ0n) is 7.93. The first-order chi connectivity index (χ1) is 6.65. The molecule has 0 aliphatic carbocycles. The van der Waals surface area contributed by atoms with E-state index in [1.54, 1.807) is 19.1 Å². The molecular weight excluding hydrogens is 182 g/mol. The van der Waals surface area contributed by atoms with E-state index < -0.39 is 12.0 Å². The lowest BCUT2D eigenvalue weighted by Gasteiger charge is -2.10. The van der Waals surface area contributed by atoms with Crippen LogP contribution in [0.4, 0.5) is 0 Å². The average Bonchev–Trinajstić information content (AvgIpc) is 2.17. The van der Waals surface area contributed by atoms with Crippen LogP contribution in [0.5, 0.6) is 5.75 Å². The van der Waals surface area contributed by atoms with E-state index in [0.29, 0.717) is 12.2 Å². The molecule has 1 rings (SSSR count). The first-order valence-corrected chi connectivity index (χ1v) is 4.36. The normalized spacial score (nSPS) is 12.1. The Hall–Kier alpha value is -1.55. The summed E-state index contributed by atoms with van der Waals surface area (Å²) in [6.45, 7) is 2.01. The number of carbonyl (C=O) groups is 1. The zero-order valence-corrected chi connectivity index (χ0v) is 7.93. The molecule has 1 atom stereocenters. The molecule has 3 N–H and O–H groups in total. The van der Waals surface area contributed by atoms with Gasteiger partial charge in [-0.05, 0) is 24.6 Å². The molecule has 4 heteroatoms. The zero-order chi connectivity index (χ0) is 10.6. The Morgan fingerprint density at radius 2 is 2.36 bits per heavy atom. The lowest BCUT2D eigenvalue weighted by Crippen LogP contribution is -2.23. The summed E-state index contributed by atoms with van der Waals surface area (Å²) in [4.78, 5) is 11.2. The van der Waals surface area contributed by atoms with Crippen molar-refractivity contribution >= 4 is 5.97 Å². The predicted octanol–water partition coefficient (Wildman–Crippen LogP) is 0.955. The number of carbonyl (C=O) groups excluding carboxylic acids is 1. The highest BCUT2D eigenvalue weighted by Crippen LogP contribution is 2.17. The average molecular weight is 195 g/mol. The van der Waals surface area contributed by atoms with Crippen molar-refractivity contribution < 1.29 is 14.6 Å². The molecule has 0 fully saturated rings. The van der Waals surface area contributed by atoms with Crippen molar-refractivity contribution in [2.45, 2.75) is 13.0 Å². The Morgan fingerprint density at radius 1 is 1.64 bits per heavy atom. The third-order valence-corrected chi connectivity index (χ3v) is 1.77. The molecule has 0 radical (unpaired) electrons. The molecule has 0 aromatic heterocycles. The largest absolute Gasteiger partial charge is 0.508 e. The van der Waals surface area contributed by atoms with Gasteiger partial charge < -0.3 is 15.6 Å². The van der Waals surface area contributed by atoms with E-state index in [1.165, 1.54) is 12.1 Å². The highest BCUT2D eigenvalue weighted by molar-refractivity contribution is 5.77. The first-order valence-electron chi connectivity index (χ1n) is 4.36. The molecule has 0 spiro atoms. The molecule has 0 bridgehead atoms. The second-order valence-corrected chi connectivity index (χ2v) is 2.82. The van der Waals surface area contributed by atoms with E-state index in [9.17, 15) is 4.79 Å². The summed E-state index contributed by atoms with van der Waals surface area (Å²) in [6.07, 6.45) is 0. The number of rotatable bonds is 3. The summed E-state index contributed by atoms with van der Waals surface area (Å²) < 4.78 is 4.75. The Kier molecular flexibility index (Phi) is 3.48. The molecule has 0 saturated carbocycles. The van der Waals surface area contributed by atoms with Gasteiger partial charge in [0.1, 0.15) is 11.8 Å². The second kappa shape index (κ2) is 4.62. The number of aromatic hydroxyl groups is 1. The van der Waals surface area contributed by atoms with Gasteiger partial charge in [0.05, 0.1) is 6.61 Å². The minimum absolute atomic E-state index is 0.0854. The molecular formula is C10H13NO3. The Labute approximate surface area is 82.3 Å². The third kappa shape index (κ3) is 2.47. The van der Waals surface area contributed by atoms with Crippen molar-refractivity contribution in [3.8, 4) is 5.75 Å². The number of phenols is 1. The van der Waals surface area contributed by atoms with Crippen molar-refractivity contribution in [1.29, 1.82) is 0 Å². The van der Waals surface area contributed by atoms with Crippen molar-refractivity contribution in [2.24, 2.45) is 5.73 Å². The standard InChI is InChI=1S/C10H13NO3/c1-2-14-10(13)9(11)7-4-3-5-8(12)6-7/h3-6,9,12H,2,11H2,1H3/t9-/m1/s1. The van der Waals surface area contributed by atoms with Gasteiger partial charge in [-0.1, -0.05) is 12.1 Å². The van der Waals surface area contributed by atoms with Gasteiger partial charge in [-0.15, -0.1) is 0 Å². The van der Waals surface area contributed by atoms with Crippen LogP contribution < -0.4 is 5.73 Å². The van der Waals surface area contributed by atoms with Gasteiger partial charge >= 0.3 is 5.97 Å². The maximum atomic E-state index is 11.2. The Morgan fingerprint density at radius 3 is 2.93 bits per heavy atom. The lowest BCUT2D eigenvalue weighted by molar-refractivity contribution is -0.144. The van der Waals surface area contributed by atoms with Gasteiger partial charge in [-0.25, -0.2) is 4.79 Å². The summed E-state index contributed by atoms with van der Waals surface area (Å²) in [6, 6.07) is 5.43. The molecule has 1 aromatic rings. The van der Waals surface area contributed by atoms with E-state index in [1.807, 2.05) is 0 Å². The van der Waals surface area contributed by atoms with Gasteiger partial charge in [0, 0.05) is 0 Å². The minimum atomic E-state index is -0.831. The van der Waals surface area contributed by atoms with Crippen LogP contribution in [0.2, 0.25) is 0 Å². The molecule has 1 aromatic carbocycles. The number of benzene rings is 1. The van der Waals surface area contributed by atoms with Crippen LogP contribution in [0.3, 0.4) is 0 Å². The highest BCUT2D eigenvalue weighted by Gasteiger charge is 2.16. The molecule has 14 heavy (non-hydrogen) atoms. The highest BCUT2D eigenvalue weighted by atomic mass is 16.5. The Balaban J connectivity index is 2.78. The van der Waals surface area contributed by atoms with Crippen molar-refractivity contribution in [3.63, 3.8) is 0 Å². The number of ether oxygens (including phenoxy) is 1. The lowest BCUT2D eigenvalue weighted by atomic mass is 10.1. The van der Waals surface area contributed by atoms with Crippen LogP contribution in [-0.4, -0.2) is 17.7 Å². The van der Waals surface area contributed by atoms with Crippen LogP contribution in [-0.2, 0) is 9.53 Å². The quantitative estimate of drug-likeness (QED) is 0.704. The molecule has 4 nitrogen and oxygen atoms in total. The van der Waals surface area contributed by atoms with Gasteiger partial charge in [0.2, 0.25) is 0 Å². The monoisotopic (exact) mass is 195 g/mol. The predicted molar refractivity (Wildman–Crippen MR) is 51.7 cm³/mol. The molecule has 0 amide bonds. The van der Waals surface area contributed by atoms with Gasteiger partial charge in [0.15, 0.2) is 0 Å². The minimum Gasteiger partial charge on any atom is -0.508 e. The number of phenolic OH excluding ortho intramolecular Hbond substituents is 1. The number of hydrogen-bond donors (Lipinski definition) is 2. The first kappa shape index (κ1) is 10.5. The van der Waals surface area contributed by atoms with E-state index in [4.69, 9.17) is 15.6 Å². The van der Waals surface area contributed by atoms with Gasteiger partial charge in [0.25, 0.3) is 0 Å². The summed E-state index contributed by atoms with van der Waals surface area (Å²) in [5.41, 5.74) is 6.15. The van der Waals surface area contributed by atoms with E-state index in [0.717, 1.165) is 0 Å². The van der Waals surface area contributed by atoms with E-state index in [-0.39, 0.29) is 5.75 Å². The van der Waals surface area contributed by atoms with E-state index in [2.05, 4.69) is 0 Å². The molecule has 0 heterocycles. The van der Waals surface area contributed by atoms with Crippen LogP contribution >= 0.6 is 0 Å². The summed E-state index contributed by atoms with van der Waals surface area (Å²) >= 11 is 0. The van der Waals surface area contributed by atoms with Crippen LogP contribution in [0.1, 0.15) is 18.5 Å². The fraction of sp³-hybridized carbons (Fsp3) is 0.300. The molecule has 0 unspecified atom stereocenters. The smallest absolute Gasteiger partial charge is 0.327 e. The SMILES string of the molecule is CCOC(=O)[C@H](N)c1cccc(O)c1. The van der Waals surface area contributed by atoms with Gasteiger partial charge in [-0.2, -0.15) is 0 Å². The van der Waals surface area contributed by atoms with Crippen molar-refractivity contribution in [2.75, 3.05) is 6.61 Å². The van der Waals surface area contributed by atoms with Crippen LogP contribution in [0, 0.1) is 0 Å². The van der Waals surface area contributed by atoms with Crippen LogP contribution in [0.15, 0.2) is 24.3 Å².